The lowest BCUT2D eigenvalue weighted by molar-refractivity contribution is -0.141. The van der Waals surface area contributed by atoms with E-state index in [2.05, 4.69) is 46.6 Å². The zero-order valence-electron chi connectivity index (χ0n) is 22.3. The van der Waals surface area contributed by atoms with Crippen molar-refractivity contribution in [3.63, 3.8) is 0 Å². The van der Waals surface area contributed by atoms with E-state index >= 15 is 0 Å². The Kier molecular flexibility index (Phi) is 8.03. The summed E-state index contributed by atoms with van der Waals surface area (Å²) in [5.74, 6) is -1.00. The molecule has 0 saturated heterocycles. The summed E-state index contributed by atoms with van der Waals surface area (Å²) in [5, 5.41) is 10.3. The van der Waals surface area contributed by atoms with Crippen LogP contribution < -0.4 is 10.6 Å². The van der Waals surface area contributed by atoms with Gasteiger partial charge < -0.3 is 10.6 Å². The molecule has 0 aliphatic rings. The number of carbonyl (C=O) groups excluding carboxylic acids is 2. The molecule has 0 bridgehead atoms. The number of anilines is 1. The van der Waals surface area contributed by atoms with E-state index in [1.165, 1.54) is 12.3 Å². The molecule has 214 valence electrons. The first kappa shape index (κ1) is 28.9. The van der Waals surface area contributed by atoms with Crippen LogP contribution >= 0.6 is 15.9 Å². The summed E-state index contributed by atoms with van der Waals surface area (Å²) in [6.45, 7) is 3.99. The summed E-state index contributed by atoms with van der Waals surface area (Å²) >= 11 is 3.30. The number of benzene rings is 1. The third-order valence-corrected chi connectivity index (χ3v) is 6.99. The molecule has 5 rings (SSSR count). The van der Waals surface area contributed by atoms with Gasteiger partial charge in [-0.05, 0) is 61.9 Å². The summed E-state index contributed by atoms with van der Waals surface area (Å²) in [5.41, 5.74) is 2.02. The van der Waals surface area contributed by atoms with Crippen LogP contribution in [0.1, 0.15) is 49.1 Å². The molecule has 9 nitrogen and oxygen atoms in total. The third-order valence-electron chi connectivity index (χ3n) is 6.50. The van der Waals surface area contributed by atoms with Crippen molar-refractivity contribution >= 4 is 44.3 Å². The molecular formula is C29H23BrF3N7O2. The number of nitrogens with zero attached hydrogens (tertiary/aromatic N) is 5. The van der Waals surface area contributed by atoms with Crippen LogP contribution in [0.4, 0.5) is 18.9 Å². The Balaban J connectivity index is 1.33. The second kappa shape index (κ2) is 11.7. The highest BCUT2D eigenvalue weighted by Crippen LogP contribution is 2.32. The number of amides is 2. The Morgan fingerprint density at radius 2 is 1.83 bits per heavy atom. The summed E-state index contributed by atoms with van der Waals surface area (Å²) in [7, 11) is 0. The number of carbonyl (C=O) groups is 2. The molecule has 0 atom stereocenters. The van der Waals surface area contributed by atoms with Gasteiger partial charge in [-0.1, -0.05) is 22.0 Å². The predicted octanol–water partition coefficient (Wildman–Crippen LogP) is 5.85. The van der Waals surface area contributed by atoms with E-state index in [9.17, 15) is 22.8 Å². The third kappa shape index (κ3) is 6.30. The highest BCUT2D eigenvalue weighted by Gasteiger charge is 2.34. The molecule has 0 aliphatic carbocycles. The van der Waals surface area contributed by atoms with Gasteiger partial charge in [-0.15, -0.1) is 0 Å². The second-order valence-electron chi connectivity index (χ2n) is 9.45. The van der Waals surface area contributed by atoms with Crippen molar-refractivity contribution in [3.05, 3.63) is 111 Å². The molecule has 2 N–H and O–H groups in total. The van der Waals surface area contributed by atoms with Crippen LogP contribution in [0.25, 0.3) is 10.9 Å². The highest BCUT2D eigenvalue weighted by atomic mass is 79.9. The molecule has 42 heavy (non-hydrogen) atoms. The van der Waals surface area contributed by atoms with Gasteiger partial charge in [0.15, 0.2) is 0 Å². The summed E-state index contributed by atoms with van der Waals surface area (Å²) in [6, 6.07) is 12.3. The quantitative estimate of drug-likeness (QED) is 0.231. The van der Waals surface area contributed by atoms with Gasteiger partial charge in [0.2, 0.25) is 0 Å². The minimum atomic E-state index is -4.73. The first-order valence-corrected chi connectivity index (χ1v) is 13.4. The van der Waals surface area contributed by atoms with Crippen molar-refractivity contribution in [2.75, 3.05) is 5.32 Å². The van der Waals surface area contributed by atoms with Crippen LogP contribution in [0.15, 0.2) is 71.6 Å². The van der Waals surface area contributed by atoms with Crippen molar-refractivity contribution in [1.82, 2.24) is 30.0 Å². The van der Waals surface area contributed by atoms with Crippen molar-refractivity contribution in [1.29, 1.82) is 0 Å². The van der Waals surface area contributed by atoms with Crippen LogP contribution in [0.3, 0.4) is 0 Å². The maximum Gasteiger partial charge on any atom is 0.433 e. The number of hydrogen-bond acceptors (Lipinski definition) is 6. The number of fused-ring (bicyclic) bond motifs is 1. The van der Waals surface area contributed by atoms with E-state index in [4.69, 9.17) is 0 Å². The molecule has 13 heteroatoms. The first-order valence-electron chi connectivity index (χ1n) is 12.6. The number of nitrogens with one attached hydrogen (secondary N) is 2. The van der Waals surface area contributed by atoms with Crippen LogP contribution in [0.5, 0.6) is 0 Å². The van der Waals surface area contributed by atoms with Gasteiger partial charge in [0, 0.05) is 35.0 Å². The van der Waals surface area contributed by atoms with Crippen LogP contribution in [-0.2, 0) is 19.3 Å². The molecule has 0 saturated carbocycles. The standard InChI is InChI=1S/C29H23BrF3N7O2/c1-16-26(38-28(42)23-11-25(29(31,32)33)37-24-8-6-20(30)10-22(23)24)17(2)40(39-16)15-21-7-5-19(14-35-21)27(41)36-13-18-4-3-9-34-12-18/h3-12,14H,13,15H2,1-2H3,(H,36,41)(H,38,42). The Labute approximate surface area is 246 Å². The van der Waals surface area contributed by atoms with Gasteiger partial charge in [-0.25, -0.2) is 4.98 Å². The largest absolute Gasteiger partial charge is 0.433 e. The lowest BCUT2D eigenvalue weighted by atomic mass is 10.1. The van der Waals surface area contributed by atoms with Gasteiger partial charge in [0.1, 0.15) is 5.69 Å². The van der Waals surface area contributed by atoms with E-state index in [1.54, 1.807) is 61.3 Å². The maximum absolute atomic E-state index is 13.5. The molecule has 4 aromatic heterocycles. The fourth-order valence-corrected chi connectivity index (χ4v) is 4.70. The molecule has 4 heterocycles. The van der Waals surface area contributed by atoms with Gasteiger partial charge in [0.05, 0.1) is 46.0 Å². The molecule has 0 fully saturated rings. The lowest BCUT2D eigenvalue weighted by Gasteiger charge is -2.13. The van der Waals surface area contributed by atoms with E-state index < -0.39 is 17.8 Å². The van der Waals surface area contributed by atoms with Crippen LogP contribution in [0.2, 0.25) is 0 Å². The normalized spacial score (nSPS) is 11.5. The SMILES string of the molecule is Cc1nn(Cc2ccc(C(=O)NCc3cccnc3)cn2)c(C)c1NC(=O)c1cc(C(F)(F)F)nc2ccc(Br)cc12. The maximum atomic E-state index is 13.5. The molecule has 5 aromatic rings. The molecule has 0 radical (unpaired) electrons. The van der Waals surface area contributed by atoms with Crippen molar-refractivity contribution in [2.45, 2.75) is 33.1 Å². The zero-order valence-corrected chi connectivity index (χ0v) is 23.9. The average Bonchev–Trinajstić information content (AvgIpc) is 3.22. The second-order valence-corrected chi connectivity index (χ2v) is 10.4. The minimum Gasteiger partial charge on any atom is -0.348 e. The molecule has 2 amide bonds. The van der Waals surface area contributed by atoms with E-state index in [1.807, 2.05) is 6.07 Å². The summed E-state index contributed by atoms with van der Waals surface area (Å²) < 4.78 is 42.8. The lowest BCUT2D eigenvalue weighted by Crippen LogP contribution is -2.23. The Bertz CT molecular complexity index is 1790. The zero-order chi connectivity index (χ0) is 30.0. The number of pyridine rings is 3. The molecular weight excluding hydrogens is 615 g/mol. The highest BCUT2D eigenvalue weighted by molar-refractivity contribution is 9.10. The number of hydrogen-bond donors (Lipinski definition) is 2. The van der Waals surface area contributed by atoms with Gasteiger partial charge >= 0.3 is 6.18 Å². The van der Waals surface area contributed by atoms with Gasteiger partial charge in [-0.3, -0.25) is 24.2 Å². The van der Waals surface area contributed by atoms with Crippen LogP contribution in [-0.4, -0.2) is 36.5 Å². The van der Waals surface area contributed by atoms with E-state index in [0.717, 1.165) is 11.6 Å². The number of aromatic nitrogens is 5. The summed E-state index contributed by atoms with van der Waals surface area (Å²) in [4.78, 5) is 37.9. The van der Waals surface area contributed by atoms with E-state index in [-0.39, 0.29) is 28.9 Å². The molecule has 0 spiro atoms. The smallest absolute Gasteiger partial charge is 0.348 e. The number of alkyl halides is 3. The fourth-order valence-electron chi connectivity index (χ4n) is 4.34. The first-order chi connectivity index (χ1) is 20.0. The number of aryl methyl sites for hydroxylation is 1. The minimum absolute atomic E-state index is 0.0441. The molecule has 0 aliphatic heterocycles. The number of halogens is 4. The Morgan fingerprint density at radius 1 is 1.02 bits per heavy atom. The Hall–Kier alpha value is -4.65. The summed E-state index contributed by atoms with van der Waals surface area (Å²) in [6.07, 6.45) is 0.0658. The number of rotatable bonds is 7. The van der Waals surface area contributed by atoms with Gasteiger partial charge in [-0.2, -0.15) is 18.3 Å². The fraction of sp³-hybridized carbons (Fsp3) is 0.172. The Morgan fingerprint density at radius 3 is 2.52 bits per heavy atom. The molecule has 1 aromatic carbocycles. The average molecular weight is 638 g/mol. The van der Waals surface area contributed by atoms with Gasteiger partial charge in [0.25, 0.3) is 11.8 Å². The van der Waals surface area contributed by atoms with Crippen molar-refractivity contribution < 1.29 is 22.8 Å². The van der Waals surface area contributed by atoms with E-state index in [0.29, 0.717) is 39.4 Å². The monoisotopic (exact) mass is 637 g/mol. The van der Waals surface area contributed by atoms with Crippen molar-refractivity contribution in [3.8, 4) is 0 Å². The topological polar surface area (TPSA) is 115 Å². The van der Waals surface area contributed by atoms with Crippen LogP contribution in [0, 0.1) is 13.8 Å². The predicted molar refractivity (Wildman–Crippen MR) is 153 cm³/mol. The van der Waals surface area contributed by atoms with Crippen molar-refractivity contribution in [2.24, 2.45) is 0 Å². The molecule has 0 unspecified atom stereocenters.